The SMILES string of the molecule is N#CC(C#N)[n+]1ccc(Cc2ccc([N+](=O)[O-])cc2)cc1. The zero-order chi connectivity index (χ0) is 15.2. The molecular formula is C15H11N4O2+. The van der Waals surface area contributed by atoms with Crippen molar-refractivity contribution in [2.45, 2.75) is 12.5 Å². The summed E-state index contributed by atoms with van der Waals surface area (Å²) in [5, 5.41) is 28.2. The number of nitro benzene ring substituents is 1. The van der Waals surface area contributed by atoms with Crippen LogP contribution < -0.4 is 4.57 Å². The molecule has 2 rings (SSSR count). The summed E-state index contributed by atoms with van der Waals surface area (Å²) in [7, 11) is 0. The number of hydrogen-bond donors (Lipinski definition) is 0. The Kier molecular flexibility index (Phi) is 4.23. The van der Waals surface area contributed by atoms with Crippen LogP contribution in [0.1, 0.15) is 17.2 Å². The predicted molar refractivity (Wildman–Crippen MR) is 72.8 cm³/mol. The van der Waals surface area contributed by atoms with E-state index in [4.69, 9.17) is 10.5 Å². The maximum Gasteiger partial charge on any atom is 0.329 e. The van der Waals surface area contributed by atoms with Gasteiger partial charge in [0.15, 0.2) is 24.5 Å². The zero-order valence-electron chi connectivity index (χ0n) is 11.0. The molecule has 0 spiro atoms. The lowest BCUT2D eigenvalue weighted by Crippen LogP contribution is -2.36. The number of pyridine rings is 1. The number of benzene rings is 1. The quantitative estimate of drug-likeness (QED) is 0.486. The highest BCUT2D eigenvalue weighted by Crippen LogP contribution is 2.14. The average Bonchev–Trinajstić information content (AvgIpc) is 2.51. The third-order valence-corrected chi connectivity index (χ3v) is 3.02. The molecule has 102 valence electrons. The standard InChI is InChI=1S/C15H11N4O2/c16-10-15(11-17)18-7-5-13(6-8-18)9-12-1-3-14(4-2-12)19(20)21/h1-8,15H,9H2/q+1. The van der Waals surface area contributed by atoms with Gasteiger partial charge in [-0.3, -0.25) is 10.1 Å². The van der Waals surface area contributed by atoms with Crippen molar-refractivity contribution in [3.8, 4) is 12.1 Å². The van der Waals surface area contributed by atoms with Crippen molar-refractivity contribution in [2.24, 2.45) is 0 Å². The maximum atomic E-state index is 10.6. The molecular weight excluding hydrogens is 268 g/mol. The number of nitriles is 2. The van der Waals surface area contributed by atoms with Gasteiger partial charge in [0.25, 0.3) is 5.69 Å². The molecule has 0 aliphatic carbocycles. The van der Waals surface area contributed by atoms with Gasteiger partial charge in [0.05, 0.1) is 4.92 Å². The van der Waals surface area contributed by atoms with Crippen molar-refractivity contribution in [1.29, 1.82) is 10.5 Å². The molecule has 0 radical (unpaired) electrons. The Hall–Kier alpha value is -3.25. The maximum absolute atomic E-state index is 10.6. The largest absolute Gasteiger partial charge is 0.329 e. The van der Waals surface area contributed by atoms with Crippen LogP contribution in [0, 0.1) is 32.8 Å². The highest BCUT2D eigenvalue weighted by atomic mass is 16.6. The van der Waals surface area contributed by atoms with Crippen molar-refractivity contribution in [1.82, 2.24) is 0 Å². The Morgan fingerprint density at radius 1 is 1.05 bits per heavy atom. The van der Waals surface area contributed by atoms with Crippen LogP contribution >= 0.6 is 0 Å². The van der Waals surface area contributed by atoms with Gasteiger partial charge >= 0.3 is 6.04 Å². The minimum atomic E-state index is -0.835. The summed E-state index contributed by atoms with van der Waals surface area (Å²) in [5.41, 5.74) is 2.01. The molecule has 6 heteroatoms. The second kappa shape index (κ2) is 6.27. The molecule has 0 bridgehead atoms. The van der Waals surface area contributed by atoms with Crippen LogP contribution in [0.5, 0.6) is 0 Å². The topological polar surface area (TPSA) is 94.6 Å². The van der Waals surface area contributed by atoms with Gasteiger partial charge in [0.2, 0.25) is 0 Å². The smallest absolute Gasteiger partial charge is 0.258 e. The van der Waals surface area contributed by atoms with E-state index in [9.17, 15) is 10.1 Å². The second-order valence-corrected chi connectivity index (χ2v) is 4.41. The van der Waals surface area contributed by atoms with E-state index in [1.54, 1.807) is 24.5 Å². The molecule has 2 aromatic rings. The number of nitro groups is 1. The Balaban J connectivity index is 2.12. The highest BCUT2D eigenvalue weighted by Gasteiger charge is 2.15. The summed E-state index contributed by atoms with van der Waals surface area (Å²) < 4.78 is 1.53. The number of aromatic nitrogens is 1. The van der Waals surface area contributed by atoms with Crippen molar-refractivity contribution in [3.63, 3.8) is 0 Å². The molecule has 0 unspecified atom stereocenters. The van der Waals surface area contributed by atoms with Gasteiger partial charge in [0, 0.05) is 24.3 Å². The van der Waals surface area contributed by atoms with Crippen LogP contribution in [0.3, 0.4) is 0 Å². The third-order valence-electron chi connectivity index (χ3n) is 3.02. The lowest BCUT2D eigenvalue weighted by atomic mass is 10.1. The fourth-order valence-corrected chi connectivity index (χ4v) is 1.89. The fourth-order valence-electron chi connectivity index (χ4n) is 1.89. The second-order valence-electron chi connectivity index (χ2n) is 4.41. The molecule has 0 N–H and O–H groups in total. The minimum absolute atomic E-state index is 0.0653. The molecule has 0 amide bonds. The van der Waals surface area contributed by atoms with Gasteiger partial charge in [0.1, 0.15) is 0 Å². The van der Waals surface area contributed by atoms with Crippen LogP contribution in [0.25, 0.3) is 0 Å². The van der Waals surface area contributed by atoms with E-state index in [1.165, 1.54) is 16.7 Å². The van der Waals surface area contributed by atoms with Gasteiger partial charge < -0.3 is 0 Å². The first-order valence-corrected chi connectivity index (χ1v) is 6.16. The van der Waals surface area contributed by atoms with Gasteiger partial charge in [-0.05, 0) is 17.5 Å². The summed E-state index contributed by atoms with van der Waals surface area (Å²) in [4.78, 5) is 10.1. The number of hydrogen-bond acceptors (Lipinski definition) is 4. The lowest BCUT2D eigenvalue weighted by molar-refractivity contribution is -0.697. The normalized spacial score (nSPS) is 9.86. The first kappa shape index (κ1) is 14.2. The monoisotopic (exact) mass is 279 g/mol. The third kappa shape index (κ3) is 3.40. The number of non-ortho nitro benzene ring substituents is 1. The molecule has 0 fully saturated rings. The van der Waals surface area contributed by atoms with Crippen LogP contribution in [-0.2, 0) is 6.42 Å². The van der Waals surface area contributed by atoms with Crippen LogP contribution in [-0.4, -0.2) is 4.92 Å². The average molecular weight is 279 g/mol. The molecule has 0 atom stereocenters. The van der Waals surface area contributed by atoms with Crippen LogP contribution in [0.4, 0.5) is 5.69 Å². The van der Waals surface area contributed by atoms with E-state index in [1.807, 2.05) is 24.3 Å². The van der Waals surface area contributed by atoms with Crippen molar-refractivity contribution < 1.29 is 9.49 Å². The first-order chi connectivity index (χ1) is 10.1. The van der Waals surface area contributed by atoms with Gasteiger partial charge in [-0.25, -0.2) is 0 Å². The van der Waals surface area contributed by atoms with E-state index in [0.29, 0.717) is 6.42 Å². The molecule has 0 saturated heterocycles. The van der Waals surface area contributed by atoms with Crippen LogP contribution in [0.2, 0.25) is 0 Å². The van der Waals surface area contributed by atoms with Crippen molar-refractivity contribution in [3.05, 3.63) is 70.0 Å². The zero-order valence-corrected chi connectivity index (χ0v) is 11.0. The number of nitrogens with zero attached hydrogens (tertiary/aromatic N) is 4. The van der Waals surface area contributed by atoms with Crippen molar-refractivity contribution in [2.75, 3.05) is 0 Å². The summed E-state index contributed by atoms with van der Waals surface area (Å²) in [6.07, 6.45) is 3.98. The molecule has 0 aliphatic heterocycles. The molecule has 1 heterocycles. The van der Waals surface area contributed by atoms with Gasteiger partial charge in [-0.1, -0.05) is 12.1 Å². The summed E-state index contributed by atoms with van der Waals surface area (Å²) in [6, 6.07) is 13.0. The predicted octanol–water partition coefficient (Wildman–Crippen LogP) is 2.06. The molecule has 21 heavy (non-hydrogen) atoms. The first-order valence-electron chi connectivity index (χ1n) is 6.16. The van der Waals surface area contributed by atoms with Crippen molar-refractivity contribution >= 4 is 5.69 Å². The molecule has 1 aromatic heterocycles. The van der Waals surface area contributed by atoms with E-state index < -0.39 is 11.0 Å². The summed E-state index contributed by atoms with van der Waals surface area (Å²) in [5.74, 6) is 0. The lowest BCUT2D eigenvalue weighted by Gasteiger charge is -2.02. The van der Waals surface area contributed by atoms with E-state index in [0.717, 1.165) is 11.1 Å². The Morgan fingerprint density at radius 3 is 2.05 bits per heavy atom. The molecule has 0 saturated carbocycles. The minimum Gasteiger partial charge on any atom is -0.258 e. The Morgan fingerprint density at radius 2 is 1.57 bits per heavy atom. The van der Waals surface area contributed by atoms with Crippen LogP contribution in [0.15, 0.2) is 48.8 Å². The Bertz CT molecular complexity index is 710. The van der Waals surface area contributed by atoms with E-state index >= 15 is 0 Å². The number of rotatable bonds is 4. The highest BCUT2D eigenvalue weighted by molar-refractivity contribution is 5.34. The van der Waals surface area contributed by atoms with Gasteiger partial charge in [-0.15, -0.1) is 0 Å². The molecule has 6 nitrogen and oxygen atoms in total. The van der Waals surface area contributed by atoms with Gasteiger partial charge in [-0.2, -0.15) is 15.1 Å². The van der Waals surface area contributed by atoms with E-state index in [2.05, 4.69) is 0 Å². The molecule has 0 aliphatic rings. The molecule has 1 aromatic carbocycles. The summed E-state index contributed by atoms with van der Waals surface area (Å²) >= 11 is 0. The Labute approximate surface area is 121 Å². The van der Waals surface area contributed by atoms with E-state index in [-0.39, 0.29) is 5.69 Å². The fraction of sp³-hybridized carbons (Fsp3) is 0.133. The summed E-state index contributed by atoms with van der Waals surface area (Å²) in [6.45, 7) is 0.